The molecule has 1 aromatic heterocycles. The summed E-state index contributed by atoms with van der Waals surface area (Å²) in [5.41, 5.74) is 5.10. The smallest absolute Gasteiger partial charge is 0.236 e. The molecule has 0 aliphatic carbocycles. The summed E-state index contributed by atoms with van der Waals surface area (Å²) in [5.74, 6) is -0.826. The van der Waals surface area contributed by atoms with Crippen molar-refractivity contribution in [1.29, 1.82) is 0 Å². The molecule has 0 spiro atoms. The predicted octanol–water partition coefficient (Wildman–Crippen LogP) is 0.851. The second-order valence-corrected chi connectivity index (χ2v) is 1.74. The molecule has 0 aromatic carbocycles. The second-order valence-electron chi connectivity index (χ2n) is 1.36. The highest BCUT2D eigenvalue weighted by molar-refractivity contribution is 6.32. The van der Waals surface area contributed by atoms with Crippen LogP contribution in [-0.4, -0.2) is 9.97 Å². The van der Waals surface area contributed by atoms with E-state index in [-0.39, 0.29) is 10.8 Å². The van der Waals surface area contributed by atoms with E-state index in [1.165, 1.54) is 0 Å². The number of anilines is 1. The van der Waals surface area contributed by atoms with Crippen LogP contribution < -0.4 is 5.73 Å². The van der Waals surface area contributed by atoms with Crippen LogP contribution in [0.15, 0.2) is 6.33 Å². The topological polar surface area (TPSA) is 51.8 Å². The Morgan fingerprint density at radius 2 is 2.22 bits per heavy atom. The second kappa shape index (κ2) is 2.14. The summed E-state index contributed by atoms with van der Waals surface area (Å²) in [6.45, 7) is 0. The van der Waals surface area contributed by atoms with Crippen molar-refractivity contribution in [3.63, 3.8) is 0 Å². The lowest BCUT2D eigenvalue weighted by atomic mass is 10.6. The van der Waals surface area contributed by atoms with Crippen LogP contribution in [0.2, 0.25) is 5.02 Å². The van der Waals surface area contributed by atoms with Crippen LogP contribution in [0, 0.1) is 5.95 Å². The first-order valence-corrected chi connectivity index (χ1v) is 2.51. The summed E-state index contributed by atoms with van der Waals surface area (Å²) >= 11 is 5.25. The van der Waals surface area contributed by atoms with Crippen molar-refractivity contribution >= 4 is 17.4 Å². The Balaban J connectivity index is 3.25. The van der Waals surface area contributed by atoms with Crippen LogP contribution in [0.3, 0.4) is 0 Å². The van der Waals surface area contributed by atoms with Gasteiger partial charge in [0.05, 0.1) is 0 Å². The van der Waals surface area contributed by atoms with Crippen molar-refractivity contribution in [3.8, 4) is 0 Å². The molecule has 1 rings (SSSR count). The van der Waals surface area contributed by atoms with Gasteiger partial charge in [0, 0.05) is 0 Å². The largest absolute Gasteiger partial charge is 0.382 e. The molecule has 0 fully saturated rings. The lowest BCUT2D eigenvalue weighted by Crippen LogP contribution is -1.94. The van der Waals surface area contributed by atoms with Crippen LogP contribution in [0.5, 0.6) is 0 Å². The fourth-order valence-electron chi connectivity index (χ4n) is 0.361. The Bertz CT molecular complexity index is 207. The average molecular weight is 148 g/mol. The van der Waals surface area contributed by atoms with Crippen molar-refractivity contribution < 1.29 is 4.39 Å². The van der Waals surface area contributed by atoms with E-state index in [4.69, 9.17) is 17.3 Å². The first kappa shape index (κ1) is 6.22. The van der Waals surface area contributed by atoms with Gasteiger partial charge in [-0.05, 0) is 0 Å². The molecular formula is C4H3ClFN3. The molecule has 1 aromatic rings. The maximum absolute atomic E-state index is 12.2. The van der Waals surface area contributed by atoms with Gasteiger partial charge < -0.3 is 5.73 Å². The number of nitrogens with zero attached hydrogens (tertiary/aromatic N) is 2. The number of halogens is 2. The number of aromatic nitrogens is 2. The molecule has 0 aliphatic heterocycles. The summed E-state index contributed by atoms with van der Waals surface area (Å²) in [4.78, 5) is 6.58. The molecule has 48 valence electrons. The molecule has 1 heterocycles. The van der Waals surface area contributed by atoms with E-state index < -0.39 is 5.95 Å². The third kappa shape index (κ3) is 1.08. The Hall–Kier alpha value is -0.900. The van der Waals surface area contributed by atoms with Crippen molar-refractivity contribution in [2.75, 3.05) is 5.73 Å². The molecule has 3 nitrogen and oxygen atoms in total. The number of rotatable bonds is 0. The zero-order chi connectivity index (χ0) is 6.85. The fourth-order valence-corrected chi connectivity index (χ4v) is 0.458. The average Bonchev–Trinajstić information content (AvgIpc) is 1.83. The Morgan fingerprint density at radius 3 is 2.67 bits per heavy atom. The highest BCUT2D eigenvalue weighted by atomic mass is 35.5. The summed E-state index contributed by atoms with van der Waals surface area (Å²) in [7, 11) is 0. The molecule has 9 heavy (non-hydrogen) atoms. The molecule has 0 radical (unpaired) electrons. The minimum Gasteiger partial charge on any atom is -0.382 e. The zero-order valence-electron chi connectivity index (χ0n) is 4.31. The number of hydrogen-bond acceptors (Lipinski definition) is 3. The molecule has 5 heteroatoms. The van der Waals surface area contributed by atoms with E-state index in [0.717, 1.165) is 6.33 Å². The quantitative estimate of drug-likeness (QED) is 0.554. The standard InChI is InChI=1S/C4H3ClFN3/c5-2-3(6)8-1-9-4(2)7/h1H,(H2,7,8,9). The molecule has 0 aliphatic rings. The maximum atomic E-state index is 12.2. The molecule has 2 N–H and O–H groups in total. The van der Waals surface area contributed by atoms with Gasteiger partial charge in [0.25, 0.3) is 0 Å². The predicted molar refractivity (Wildman–Crippen MR) is 31.4 cm³/mol. The van der Waals surface area contributed by atoms with E-state index in [0.29, 0.717) is 0 Å². The van der Waals surface area contributed by atoms with Gasteiger partial charge in [-0.2, -0.15) is 4.39 Å². The highest BCUT2D eigenvalue weighted by Crippen LogP contribution is 2.15. The van der Waals surface area contributed by atoms with E-state index in [1.54, 1.807) is 0 Å². The highest BCUT2D eigenvalue weighted by Gasteiger charge is 2.02. The van der Waals surface area contributed by atoms with Gasteiger partial charge in [-0.1, -0.05) is 11.6 Å². The minimum absolute atomic E-state index is 0.0378. The number of nitrogen functional groups attached to an aromatic ring is 1. The summed E-state index contributed by atoms with van der Waals surface area (Å²) in [6, 6.07) is 0. The van der Waals surface area contributed by atoms with Gasteiger partial charge in [0.15, 0.2) is 0 Å². The van der Waals surface area contributed by atoms with Crippen LogP contribution in [0.25, 0.3) is 0 Å². The summed E-state index contributed by atoms with van der Waals surface area (Å²) in [6.07, 6.45) is 1.01. The van der Waals surface area contributed by atoms with Crippen LogP contribution in [0.1, 0.15) is 0 Å². The third-order valence-electron chi connectivity index (χ3n) is 0.774. The monoisotopic (exact) mass is 147 g/mol. The van der Waals surface area contributed by atoms with Gasteiger partial charge >= 0.3 is 0 Å². The molecule has 0 unspecified atom stereocenters. The van der Waals surface area contributed by atoms with E-state index in [9.17, 15) is 4.39 Å². The van der Waals surface area contributed by atoms with Crippen LogP contribution >= 0.6 is 11.6 Å². The van der Waals surface area contributed by atoms with E-state index in [1.807, 2.05) is 0 Å². The normalized spacial score (nSPS) is 9.56. The summed E-state index contributed by atoms with van der Waals surface area (Å²) in [5, 5.41) is -0.225. The van der Waals surface area contributed by atoms with Gasteiger partial charge in [-0.3, -0.25) is 0 Å². The van der Waals surface area contributed by atoms with E-state index >= 15 is 0 Å². The number of nitrogens with two attached hydrogens (primary N) is 1. The Morgan fingerprint density at radius 1 is 1.56 bits per heavy atom. The van der Waals surface area contributed by atoms with Crippen molar-refractivity contribution in [3.05, 3.63) is 17.3 Å². The van der Waals surface area contributed by atoms with Crippen molar-refractivity contribution in [2.45, 2.75) is 0 Å². The maximum Gasteiger partial charge on any atom is 0.236 e. The van der Waals surface area contributed by atoms with Gasteiger partial charge in [-0.25, -0.2) is 9.97 Å². The van der Waals surface area contributed by atoms with Crippen LogP contribution in [-0.2, 0) is 0 Å². The minimum atomic E-state index is -0.788. The first-order valence-electron chi connectivity index (χ1n) is 2.13. The number of hydrogen-bond donors (Lipinski definition) is 1. The zero-order valence-corrected chi connectivity index (χ0v) is 5.06. The Kier molecular flexibility index (Phi) is 1.48. The third-order valence-corrected chi connectivity index (χ3v) is 1.12. The lowest BCUT2D eigenvalue weighted by Gasteiger charge is -1.93. The molecule has 0 saturated heterocycles. The SMILES string of the molecule is Nc1ncnc(F)c1Cl. The van der Waals surface area contributed by atoms with Gasteiger partial charge in [0.1, 0.15) is 17.2 Å². The first-order chi connectivity index (χ1) is 4.22. The lowest BCUT2D eigenvalue weighted by molar-refractivity contribution is 0.581. The Labute approximate surface area is 55.7 Å². The molecule has 0 amide bonds. The fraction of sp³-hybridized carbons (Fsp3) is 0. The molecular weight excluding hydrogens is 145 g/mol. The van der Waals surface area contributed by atoms with Crippen LogP contribution in [0.4, 0.5) is 10.2 Å². The summed E-state index contributed by atoms with van der Waals surface area (Å²) < 4.78 is 12.2. The molecule has 0 saturated carbocycles. The van der Waals surface area contributed by atoms with E-state index in [2.05, 4.69) is 9.97 Å². The van der Waals surface area contributed by atoms with Crippen molar-refractivity contribution in [1.82, 2.24) is 9.97 Å². The van der Waals surface area contributed by atoms with Gasteiger partial charge in [0.2, 0.25) is 5.95 Å². The molecule has 0 bridgehead atoms. The molecule has 0 atom stereocenters. The van der Waals surface area contributed by atoms with Gasteiger partial charge in [-0.15, -0.1) is 0 Å². The van der Waals surface area contributed by atoms with Crippen molar-refractivity contribution in [2.24, 2.45) is 0 Å².